The van der Waals surface area contributed by atoms with Gasteiger partial charge in [0.15, 0.2) is 5.78 Å². The summed E-state index contributed by atoms with van der Waals surface area (Å²) >= 11 is 6.69. The van der Waals surface area contributed by atoms with E-state index >= 15 is 0 Å². The molecular formula is C10H8ClNO2S. The highest BCUT2D eigenvalue weighted by atomic mass is 35.5. The predicted molar refractivity (Wildman–Crippen MR) is 60.4 cm³/mol. The van der Waals surface area contributed by atoms with Crippen molar-refractivity contribution in [3.63, 3.8) is 0 Å². The molecule has 0 saturated carbocycles. The number of benzene rings is 1. The summed E-state index contributed by atoms with van der Waals surface area (Å²) in [5.74, 6) is -0.675. The van der Waals surface area contributed by atoms with E-state index in [1.54, 1.807) is 0 Å². The third kappa shape index (κ3) is 2.01. The lowest BCUT2D eigenvalue weighted by atomic mass is 10.2. The van der Waals surface area contributed by atoms with Crippen molar-refractivity contribution in [3.05, 3.63) is 24.3 Å². The van der Waals surface area contributed by atoms with Crippen molar-refractivity contribution in [2.24, 2.45) is 0 Å². The van der Waals surface area contributed by atoms with E-state index in [1.807, 2.05) is 24.3 Å². The number of carbonyl (C=O) groups excluding carboxylic acids is 2. The molecule has 0 aromatic heterocycles. The molecule has 0 radical (unpaired) electrons. The maximum atomic E-state index is 11.5. The summed E-state index contributed by atoms with van der Waals surface area (Å²) in [5, 5.41) is 1.98. The molecule has 0 fully saturated rings. The molecule has 1 amide bonds. The summed E-state index contributed by atoms with van der Waals surface area (Å²) in [4.78, 5) is 23.8. The molecule has 15 heavy (non-hydrogen) atoms. The van der Waals surface area contributed by atoms with Crippen LogP contribution in [0.5, 0.6) is 0 Å². The smallest absolute Gasteiger partial charge is 0.245 e. The van der Waals surface area contributed by atoms with E-state index in [0.717, 1.165) is 10.6 Å². The minimum absolute atomic E-state index is 0.132. The van der Waals surface area contributed by atoms with Crippen molar-refractivity contribution < 1.29 is 9.59 Å². The quantitative estimate of drug-likeness (QED) is 0.636. The monoisotopic (exact) mass is 241 g/mol. The summed E-state index contributed by atoms with van der Waals surface area (Å²) in [7, 11) is 0. The zero-order valence-corrected chi connectivity index (χ0v) is 9.27. The summed E-state index contributed by atoms with van der Waals surface area (Å²) in [5.41, 5.74) is 0.756. The zero-order chi connectivity index (χ0) is 10.8. The maximum absolute atomic E-state index is 11.5. The Morgan fingerprint density at radius 1 is 1.47 bits per heavy atom. The average Bonchev–Trinajstić information content (AvgIpc) is 2.27. The van der Waals surface area contributed by atoms with Gasteiger partial charge in [0.1, 0.15) is 5.25 Å². The van der Waals surface area contributed by atoms with Crippen LogP contribution in [0.3, 0.4) is 0 Å². The van der Waals surface area contributed by atoms with Gasteiger partial charge in [0, 0.05) is 4.90 Å². The molecule has 0 aliphatic carbocycles. The van der Waals surface area contributed by atoms with Crippen LogP contribution in [0.25, 0.3) is 0 Å². The van der Waals surface area contributed by atoms with Crippen LogP contribution < -0.4 is 5.32 Å². The summed E-state index contributed by atoms with van der Waals surface area (Å²) < 4.78 is 0. The molecule has 1 atom stereocenters. The Hall–Kier alpha value is -1.00. The van der Waals surface area contributed by atoms with E-state index in [9.17, 15) is 9.59 Å². The van der Waals surface area contributed by atoms with Gasteiger partial charge in [0.25, 0.3) is 0 Å². The number of thioether (sulfide) groups is 1. The fourth-order valence-electron chi connectivity index (χ4n) is 1.33. The molecule has 1 unspecified atom stereocenters. The summed E-state index contributed by atoms with van der Waals surface area (Å²) in [6.07, 6.45) is 0. The number of fused-ring (bicyclic) bond motifs is 1. The molecule has 0 bridgehead atoms. The Labute approximate surface area is 96.2 Å². The average molecular weight is 242 g/mol. The van der Waals surface area contributed by atoms with Gasteiger partial charge in [-0.2, -0.15) is 0 Å². The highest BCUT2D eigenvalue weighted by Gasteiger charge is 2.31. The van der Waals surface area contributed by atoms with E-state index in [2.05, 4.69) is 5.32 Å². The lowest BCUT2D eigenvalue weighted by molar-refractivity contribution is -0.123. The molecule has 2 rings (SSSR count). The minimum Gasteiger partial charge on any atom is -0.324 e. The van der Waals surface area contributed by atoms with Gasteiger partial charge in [-0.1, -0.05) is 12.1 Å². The lowest BCUT2D eigenvalue weighted by Crippen LogP contribution is -2.35. The first-order valence-corrected chi connectivity index (χ1v) is 5.79. The molecule has 1 aromatic rings. The first-order chi connectivity index (χ1) is 7.22. The van der Waals surface area contributed by atoms with E-state index in [0.29, 0.717) is 0 Å². The van der Waals surface area contributed by atoms with Crippen LogP contribution in [-0.4, -0.2) is 22.8 Å². The van der Waals surface area contributed by atoms with E-state index in [4.69, 9.17) is 11.6 Å². The molecule has 78 valence electrons. The van der Waals surface area contributed by atoms with E-state index < -0.39 is 5.25 Å². The van der Waals surface area contributed by atoms with Crippen LogP contribution in [0.15, 0.2) is 29.2 Å². The molecule has 1 N–H and O–H groups in total. The van der Waals surface area contributed by atoms with Crippen molar-refractivity contribution in [2.75, 3.05) is 11.2 Å². The number of ketones is 1. The van der Waals surface area contributed by atoms with Crippen LogP contribution in [0.2, 0.25) is 0 Å². The van der Waals surface area contributed by atoms with Gasteiger partial charge in [0.2, 0.25) is 5.91 Å². The first kappa shape index (κ1) is 10.5. The molecule has 1 aromatic carbocycles. The number of amides is 1. The second-order valence-corrected chi connectivity index (χ2v) is 4.50. The number of carbonyl (C=O) groups is 2. The van der Waals surface area contributed by atoms with Gasteiger partial charge in [-0.15, -0.1) is 23.4 Å². The van der Waals surface area contributed by atoms with Crippen molar-refractivity contribution in [3.8, 4) is 0 Å². The maximum Gasteiger partial charge on any atom is 0.245 e. The number of rotatable bonds is 2. The molecule has 1 aliphatic rings. The van der Waals surface area contributed by atoms with Crippen LogP contribution in [-0.2, 0) is 9.59 Å². The van der Waals surface area contributed by atoms with Gasteiger partial charge >= 0.3 is 0 Å². The third-order valence-corrected chi connectivity index (χ3v) is 3.64. The second kappa shape index (κ2) is 4.24. The fourth-order valence-corrected chi connectivity index (χ4v) is 2.62. The second-order valence-electron chi connectivity index (χ2n) is 3.08. The third-order valence-electron chi connectivity index (χ3n) is 2.05. The van der Waals surface area contributed by atoms with E-state index in [1.165, 1.54) is 11.8 Å². The molecule has 1 heterocycles. The van der Waals surface area contributed by atoms with Crippen LogP contribution in [0.4, 0.5) is 5.69 Å². The Morgan fingerprint density at radius 2 is 2.20 bits per heavy atom. The number of alkyl halides is 1. The molecule has 5 heteroatoms. The molecule has 3 nitrogen and oxygen atoms in total. The minimum atomic E-state index is -0.711. The normalized spacial score (nSPS) is 19.3. The number of para-hydroxylation sites is 1. The lowest BCUT2D eigenvalue weighted by Gasteiger charge is -2.22. The Balaban J connectivity index is 2.29. The Morgan fingerprint density at radius 3 is 2.93 bits per heavy atom. The largest absolute Gasteiger partial charge is 0.324 e. The van der Waals surface area contributed by atoms with Gasteiger partial charge < -0.3 is 5.32 Å². The number of hydrogen-bond donors (Lipinski definition) is 1. The van der Waals surface area contributed by atoms with Crippen molar-refractivity contribution in [1.82, 2.24) is 0 Å². The fraction of sp³-hybridized carbons (Fsp3) is 0.200. The van der Waals surface area contributed by atoms with Crippen molar-refractivity contribution in [1.29, 1.82) is 0 Å². The zero-order valence-electron chi connectivity index (χ0n) is 7.70. The molecular weight excluding hydrogens is 234 g/mol. The number of halogens is 1. The number of anilines is 1. The first-order valence-electron chi connectivity index (χ1n) is 4.37. The predicted octanol–water partition coefficient (Wildman–Crippen LogP) is 1.91. The van der Waals surface area contributed by atoms with Gasteiger partial charge in [-0.25, -0.2) is 0 Å². The van der Waals surface area contributed by atoms with Crippen molar-refractivity contribution in [2.45, 2.75) is 10.1 Å². The number of Topliss-reactive ketones (excluding diaryl/α,β-unsaturated/α-hetero) is 1. The van der Waals surface area contributed by atoms with Crippen LogP contribution in [0.1, 0.15) is 0 Å². The topological polar surface area (TPSA) is 46.2 Å². The summed E-state index contributed by atoms with van der Waals surface area (Å²) in [6, 6.07) is 7.38. The SMILES string of the molecule is O=C(CCl)C1Sc2ccccc2NC1=O. The summed E-state index contributed by atoms with van der Waals surface area (Å²) in [6.45, 7) is 0. The highest BCUT2D eigenvalue weighted by Crippen LogP contribution is 2.35. The highest BCUT2D eigenvalue weighted by molar-refractivity contribution is 8.01. The van der Waals surface area contributed by atoms with Gasteiger partial charge in [0.05, 0.1) is 11.6 Å². The standard InChI is InChI=1S/C10H8ClNO2S/c11-5-7(13)9-10(14)12-6-3-1-2-4-8(6)15-9/h1-4,9H,5H2,(H,12,14). The number of hydrogen-bond acceptors (Lipinski definition) is 3. The van der Waals surface area contributed by atoms with Gasteiger partial charge in [-0.05, 0) is 12.1 Å². The van der Waals surface area contributed by atoms with Crippen LogP contribution in [0, 0.1) is 0 Å². The van der Waals surface area contributed by atoms with Crippen molar-refractivity contribution >= 4 is 40.7 Å². The Bertz CT molecular complexity index is 422. The number of nitrogens with one attached hydrogen (secondary N) is 1. The molecule has 0 saturated heterocycles. The van der Waals surface area contributed by atoms with E-state index in [-0.39, 0.29) is 17.6 Å². The van der Waals surface area contributed by atoms with Gasteiger partial charge in [-0.3, -0.25) is 9.59 Å². The molecule has 1 aliphatic heterocycles. The molecule has 0 spiro atoms. The van der Waals surface area contributed by atoms with Crippen LogP contribution >= 0.6 is 23.4 Å². The Kier molecular flexibility index (Phi) is 2.98.